The summed E-state index contributed by atoms with van der Waals surface area (Å²) in [4.78, 5) is 24.9. The van der Waals surface area contributed by atoms with E-state index in [1.54, 1.807) is 31.2 Å². The fourth-order valence-electron chi connectivity index (χ4n) is 2.58. The number of carbonyl (C=O) groups excluding carboxylic acids is 2. The number of carbonyl (C=O) groups is 2. The summed E-state index contributed by atoms with van der Waals surface area (Å²) < 4.78 is 0. The summed E-state index contributed by atoms with van der Waals surface area (Å²) in [5, 5.41) is 0. The van der Waals surface area contributed by atoms with E-state index in [1.165, 1.54) is 5.57 Å². The molecule has 2 nitrogen and oxygen atoms in total. The molecule has 0 N–H and O–H groups in total. The number of fused-ring (bicyclic) bond motifs is 1. The predicted molar refractivity (Wildman–Crippen MR) is 90.2 cm³/mol. The first-order valence-electron chi connectivity index (χ1n) is 7.69. The molecule has 114 valence electrons. The van der Waals surface area contributed by atoms with Gasteiger partial charge in [-0.2, -0.15) is 0 Å². The first kappa shape index (κ1) is 16.2. The Morgan fingerprint density at radius 3 is 2.23 bits per heavy atom. The number of Topliss-reactive ketones (excluding diaryl/α,β-unsaturated/α-hetero) is 2. The molecule has 1 aromatic rings. The number of hydrogen-bond donors (Lipinski definition) is 0. The van der Waals surface area contributed by atoms with Crippen molar-refractivity contribution in [3.8, 4) is 0 Å². The van der Waals surface area contributed by atoms with Crippen LogP contribution >= 0.6 is 0 Å². The Kier molecular flexibility index (Phi) is 5.26. The third-order valence-electron chi connectivity index (χ3n) is 3.86. The standard InChI is InChI=1S/C20H22O2/c1-14(2)10-6-4-5-7-11-16-15(3)19(21)17-12-8-9-13-18(17)20(16)22/h5,7-10,12-13H,4,6,11H2,1-3H3/b7-5+. The normalized spacial score (nSPS) is 14.5. The highest BCUT2D eigenvalue weighted by Gasteiger charge is 2.28. The fourth-order valence-corrected chi connectivity index (χ4v) is 2.58. The molecule has 0 atom stereocenters. The molecule has 0 aliphatic heterocycles. The highest BCUT2D eigenvalue weighted by Crippen LogP contribution is 2.28. The fraction of sp³-hybridized carbons (Fsp3) is 0.300. The van der Waals surface area contributed by atoms with E-state index in [4.69, 9.17) is 0 Å². The Morgan fingerprint density at radius 1 is 0.955 bits per heavy atom. The smallest absolute Gasteiger partial charge is 0.190 e. The van der Waals surface area contributed by atoms with Gasteiger partial charge in [0.15, 0.2) is 11.6 Å². The zero-order valence-electron chi connectivity index (χ0n) is 13.5. The molecular weight excluding hydrogens is 272 g/mol. The van der Waals surface area contributed by atoms with Crippen molar-refractivity contribution in [3.63, 3.8) is 0 Å². The van der Waals surface area contributed by atoms with Crippen LogP contribution in [-0.4, -0.2) is 11.6 Å². The Bertz CT molecular complexity index is 683. The molecule has 0 aromatic heterocycles. The molecule has 0 heterocycles. The minimum atomic E-state index is -0.0249. The number of rotatable bonds is 5. The van der Waals surface area contributed by atoms with Crippen LogP contribution in [0.4, 0.5) is 0 Å². The quantitative estimate of drug-likeness (QED) is 0.561. The second kappa shape index (κ2) is 7.17. The van der Waals surface area contributed by atoms with Crippen LogP contribution in [0.1, 0.15) is 60.7 Å². The Hall–Kier alpha value is -2.22. The zero-order chi connectivity index (χ0) is 16.1. The van der Waals surface area contributed by atoms with Crippen LogP contribution in [0, 0.1) is 0 Å². The molecule has 22 heavy (non-hydrogen) atoms. The van der Waals surface area contributed by atoms with Gasteiger partial charge in [-0.15, -0.1) is 0 Å². The van der Waals surface area contributed by atoms with Gasteiger partial charge in [0.1, 0.15) is 0 Å². The molecule has 0 saturated heterocycles. The van der Waals surface area contributed by atoms with Gasteiger partial charge in [-0.05, 0) is 40.0 Å². The highest BCUT2D eigenvalue weighted by molar-refractivity contribution is 6.26. The van der Waals surface area contributed by atoms with E-state index in [0.29, 0.717) is 28.7 Å². The summed E-state index contributed by atoms with van der Waals surface area (Å²) >= 11 is 0. The maximum Gasteiger partial charge on any atom is 0.190 e. The zero-order valence-corrected chi connectivity index (χ0v) is 13.5. The molecule has 0 radical (unpaired) electrons. The van der Waals surface area contributed by atoms with E-state index in [1.807, 2.05) is 6.08 Å². The number of ketones is 2. The van der Waals surface area contributed by atoms with Gasteiger partial charge in [-0.1, -0.05) is 48.1 Å². The Balaban J connectivity index is 2.10. The van der Waals surface area contributed by atoms with Gasteiger partial charge in [0.2, 0.25) is 0 Å². The molecule has 1 aromatic carbocycles. The van der Waals surface area contributed by atoms with Crippen molar-refractivity contribution >= 4 is 11.6 Å². The average molecular weight is 294 g/mol. The molecule has 0 amide bonds. The molecule has 0 spiro atoms. The number of unbranched alkanes of at least 4 members (excludes halogenated alkanes) is 1. The topological polar surface area (TPSA) is 34.1 Å². The number of benzene rings is 1. The summed E-state index contributed by atoms with van der Waals surface area (Å²) in [7, 11) is 0. The molecule has 0 bridgehead atoms. The largest absolute Gasteiger partial charge is 0.289 e. The molecule has 1 aliphatic carbocycles. The monoisotopic (exact) mass is 294 g/mol. The molecule has 1 aliphatic rings. The van der Waals surface area contributed by atoms with Gasteiger partial charge in [0.05, 0.1) is 0 Å². The van der Waals surface area contributed by atoms with Crippen molar-refractivity contribution in [1.29, 1.82) is 0 Å². The van der Waals surface area contributed by atoms with E-state index in [0.717, 1.165) is 12.8 Å². The Morgan fingerprint density at radius 2 is 1.59 bits per heavy atom. The van der Waals surface area contributed by atoms with Gasteiger partial charge >= 0.3 is 0 Å². The molecule has 0 unspecified atom stereocenters. The van der Waals surface area contributed by atoms with Gasteiger partial charge in [0.25, 0.3) is 0 Å². The minimum absolute atomic E-state index is 0.0124. The maximum atomic E-state index is 12.5. The molecule has 0 saturated carbocycles. The predicted octanol–water partition coefficient (Wildman–Crippen LogP) is 5.07. The van der Waals surface area contributed by atoms with Crippen LogP contribution < -0.4 is 0 Å². The lowest BCUT2D eigenvalue weighted by Crippen LogP contribution is -2.20. The average Bonchev–Trinajstić information content (AvgIpc) is 2.51. The van der Waals surface area contributed by atoms with Crippen molar-refractivity contribution in [2.45, 2.75) is 40.0 Å². The minimum Gasteiger partial charge on any atom is -0.289 e. The molecule has 2 heteroatoms. The van der Waals surface area contributed by atoms with Crippen LogP contribution in [-0.2, 0) is 0 Å². The van der Waals surface area contributed by atoms with Crippen LogP contribution in [0.15, 0.2) is 59.2 Å². The van der Waals surface area contributed by atoms with Gasteiger partial charge in [-0.25, -0.2) is 0 Å². The number of allylic oxidation sites excluding steroid dienone is 6. The highest BCUT2D eigenvalue weighted by atomic mass is 16.1. The molecular formula is C20H22O2. The van der Waals surface area contributed by atoms with Crippen LogP contribution in [0.25, 0.3) is 0 Å². The van der Waals surface area contributed by atoms with Crippen LogP contribution in [0.2, 0.25) is 0 Å². The van der Waals surface area contributed by atoms with Gasteiger partial charge in [-0.3, -0.25) is 9.59 Å². The van der Waals surface area contributed by atoms with E-state index >= 15 is 0 Å². The molecule has 2 rings (SSSR count). The van der Waals surface area contributed by atoms with E-state index in [-0.39, 0.29) is 11.6 Å². The Labute approximate surface area is 132 Å². The lowest BCUT2D eigenvalue weighted by atomic mass is 9.83. The SMILES string of the molecule is CC(C)=CCC/C=C/CC1=C(C)C(=O)c2ccccc2C1=O. The first-order chi connectivity index (χ1) is 10.5. The lowest BCUT2D eigenvalue weighted by molar-refractivity contribution is 0.0973. The van der Waals surface area contributed by atoms with E-state index in [2.05, 4.69) is 26.0 Å². The summed E-state index contributed by atoms with van der Waals surface area (Å²) in [6.07, 6.45) is 8.76. The second-order valence-corrected chi connectivity index (χ2v) is 5.84. The number of hydrogen-bond acceptors (Lipinski definition) is 2. The molecule has 0 fully saturated rings. The summed E-state index contributed by atoms with van der Waals surface area (Å²) in [6.45, 7) is 5.92. The van der Waals surface area contributed by atoms with Crippen molar-refractivity contribution in [2.24, 2.45) is 0 Å². The summed E-state index contributed by atoms with van der Waals surface area (Å²) in [6, 6.07) is 7.06. The third kappa shape index (κ3) is 3.51. The maximum absolute atomic E-state index is 12.5. The van der Waals surface area contributed by atoms with E-state index < -0.39 is 0 Å². The van der Waals surface area contributed by atoms with Crippen molar-refractivity contribution in [1.82, 2.24) is 0 Å². The van der Waals surface area contributed by atoms with Crippen LogP contribution in [0.3, 0.4) is 0 Å². The van der Waals surface area contributed by atoms with Crippen molar-refractivity contribution in [2.75, 3.05) is 0 Å². The van der Waals surface area contributed by atoms with Crippen molar-refractivity contribution in [3.05, 3.63) is 70.3 Å². The lowest BCUT2D eigenvalue weighted by Gasteiger charge is -2.17. The van der Waals surface area contributed by atoms with Crippen LogP contribution in [0.5, 0.6) is 0 Å². The summed E-state index contributed by atoms with van der Waals surface area (Å²) in [5.74, 6) is -0.0372. The second-order valence-electron chi connectivity index (χ2n) is 5.84. The van der Waals surface area contributed by atoms with Crippen molar-refractivity contribution < 1.29 is 9.59 Å². The van der Waals surface area contributed by atoms with Gasteiger partial charge < -0.3 is 0 Å². The first-order valence-corrected chi connectivity index (χ1v) is 7.69. The van der Waals surface area contributed by atoms with E-state index in [9.17, 15) is 9.59 Å². The third-order valence-corrected chi connectivity index (χ3v) is 3.86. The summed E-state index contributed by atoms with van der Waals surface area (Å²) in [5.41, 5.74) is 3.59. The van der Waals surface area contributed by atoms with Gasteiger partial charge in [0, 0.05) is 22.3 Å².